The zero-order valence-electron chi connectivity index (χ0n) is 10.8. The molecule has 0 bridgehead atoms. The van der Waals surface area contributed by atoms with Crippen molar-refractivity contribution in [3.8, 4) is 22.8 Å². The van der Waals surface area contributed by atoms with Crippen molar-refractivity contribution in [3.63, 3.8) is 0 Å². The first-order chi connectivity index (χ1) is 9.81. The van der Waals surface area contributed by atoms with Crippen LogP contribution in [0.1, 0.15) is 0 Å². The molecule has 1 aromatic carbocycles. The third kappa shape index (κ3) is 2.10. The highest BCUT2D eigenvalue weighted by Crippen LogP contribution is 2.27. The lowest BCUT2D eigenvalue weighted by Gasteiger charge is -2.11. The summed E-state index contributed by atoms with van der Waals surface area (Å²) < 4.78 is 7.76. The molecule has 100 valence electrons. The summed E-state index contributed by atoms with van der Waals surface area (Å²) in [6.45, 7) is 0. The number of rotatable bonds is 3. The van der Waals surface area contributed by atoms with Crippen LogP contribution >= 0.6 is 12.2 Å². The van der Waals surface area contributed by atoms with Gasteiger partial charge in [-0.25, -0.2) is 0 Å². The summed E-state index contributed by atoms with van der Waals surface area (Å²) in [4.78, 5) is 4.02. The summed E-state index contributed by atoms with van der Waals surface area (Å²) in [5.41, 5.74) is 1.78. The second-order valence-corrected chi connectivity index (χ2v) is 4.48. The molecule has 0 unspecified atom stereocenters. The molecule has 0 fully saturated rings. The van der Waals surface area contributed by atoms with Gasteiger partial charge in [-0.05, 0) is 36.5 Å². The lowest BCUT2D eigenvalue weighted by molar-refractivity contribution is 0.413. The Hall–Kier alpha value is -2.47. The molecule has 0 aliphatic rings. The monoisotopic (exact) mass is 284 g/mol. The minimum atomic E-state index is 0.515. The quantitative estimate of drug-likeness (QED) is 0.751. The van der Waals surface area contributed by atoms with Gasteiger partial charge in [0.2, 0.25) is 0 Å². The predicted molar refractivity (Wildman–Crippen MR) is 78.5 cm³/mol. The fourth-order valence-electron chi connectivity index (χ4n) is 2.03. The molecule has 0 amide bonds. The van der Waals surface area contributed by atoms with E-state index < -0.39 is 0 Å². The fraction of sp³-hybridized carbons (Fsp3) is 0.0714. The maximum absolute atomic E-state index is 5.39. The van der Waals surface area contributed by atoms with Gasteiger partial charge in [-0.1, -0.05) is 12.1 Å². The molecule has 20 heavy (non-hydrogen) atoms. The van der Waals surface area contributed by atoms with Crippen LogP contribution < -0.4 is 4.74 Å². The zero-order valence-corrected chi connectivity index (χ0v) is 11.6. The summed E-state index contributed by atoms with van der Waals surface area (Å²) in [7, 11) is 1.63. The van der Waals surface area contributed by atoms with Gasteiger partial charge in [0.25, 0.3) is 0 Å². The molecule has 0 saturated carbocycles. The molecule has 5 nitrogen and oxygen atoms in total. The average molecular weight is 284 g/mol. The second kappa shape index (κ2) is 5.26. The highest BCUT2D eigenvalue weighted by Gasteiger charge is 2.13. The minimum Gasteiger partial charge on any atom is -0.495 e. The molecule has 0 atom stereocenters. The van der Waals surface area contributed by atoms with Gasteiger partial charge in [0.15, 0.2) is 10.6 Å². The SMILES string of the molecule is COc1ccccc1-n1c(-c2ccncc2)n[nH]c1=S. The molecule has 3 rings (SSSR count). The van der Waals surface area contributed by atoms with Crippen LogP contribution in [-0.2, 0) is 0 Å². The Labute approximate surface area is 120 Å². The number of hydrogen-bond acceptors (Lipinski definition) is 4. The molecule has 3 aromatic rings. The Morgan fingerprint density at radius 1 is 1.15 bits per heavy atom. The molecular weight excluding hydrogens is 272 g/mol. The summed E-state index contributed by atoms with van der Waals surface area (Å²) in [6, 6.07) is 11.4. The van der Waals surface area contributed by atoms with Crippen LogP contribution in [0.3, 0.4) is 0 Å². The van der Waals surface area contributed by atoms with Crippen molar-refractivity contribution in [1.29, 1.82) is 0 Å². The van der Waals surface area contributed by atoms with Gasteiger partial charge in [0, 0.05) is 18.0 Å². The van der Waals surface area contributed by atoms with E-state index >= 15 is 0 Å². The number of nitrogens with one attached hydrogen (secondary N) is 1. The molecule has 2 aromatic heterocycles. The number of nitrogens with zero attached hydrogens (tertiary/aromatic N) is 3. The molecule has 0 saturated heterocycles. The van der Waals surface area contributed by atoms with Crippen LogP contribution in [0.25, 0.3) is 17.1 Å². The van der Waals surface area contributed by atoms with Crippen LogP contribution in [-0.4, -0.2) is 26.9 Å². The number of aromatic amines is 1. The van der Waals surface area contributed by atoms with Crippen molar-refractivity contribution >= 4 is 12.2 Å². The van der Waals surface area contributed by atoms with Crippen LogP contribution in [0.4, 0.5) is 0 Å². The van der Waals surface area contributed by atoms with Gasteiger partial charge >= 0.3 is 0 Å². The van der Waals surface area contributed by atoms with E-state index in [0.29, 0.717) is 4.77 Å². The number of ether oxygens (including phenoxy) is 1. The standard InChI is InChI=1S/C14H12N4OS/c1-19-12-5-3-2-4-11(12)18-13(16-17-14(18)20)10-6-8-15-9-7-10/h2-9H,1H3,(H,17,20). The maximum atomic E-state index is 5.39. The zero-order chi connectivity index (χ0) is 13.9. The van der Waals surface area contributed by atoms with Gasteiger partial charge in [0.1, 0.15) is 5.75 Å². The minimum absolute atomic E-state index is 0.515. The van der Waals surface area contributed by atoms with Gasteiger partial charge in [-0.15, -0.1) is 0 Å². The van der Waals surface area contributed by atoms with E-state index in [9.17, 15) is 0 Å². The first kappa shape index (κ1) is 12.6. The number of aromatic nitrogens is 4. The van der Waals surface area contributed by atoms with Crippen molar-refractivity contribution in [1.82, 2.24) is 19.7 Å². The number of hydrogen-bond donors (Lipinski definition) is 1. The number of H-pyrrole nitrogens is 1. The van der Waals surface area contributed by atoms with Crippen LogP contribution in [0.2, 0.25) is 0 Å². The van der Waals surface area contributed by atoms with Gasteiger partial charge in [-0.3, -0.25) is 14.6 Å². The number of para-hydroxylation sites is 2. The van der Waals surface area contributed by atoms with E-state index in [1.807, 2.05) is 41.0 Å². The van der Waals surface area contributed by atoms with E-state index in [-0.39, 0.29) is 0 Å². The normalized spacial score (nSPS) is 10.4. The smallest absolute Gasteiger partial charge is 0.200 e. The van der Waals surface area contributed by atoms with Gasteiger partial charge in [-0.2, -0.15) is 5.10 Å². The Morgan fingerprint density at radius 3 is 2.65 bits per heavy atom. The highest BCUT2D eigenvalue weighted by molar-refractivity contribution is 7.71. The lowest BCUT2D eigenvalue weighted by Crippen LogP contribution is -2.00. The summed E-state index contributed by atoms with van der Waals surface area (Å²) >= 11 is 5.34. The first-order valence-electron chi connectivity index (χ1n) is 6.02. The molecule has 0 radical (unpaired) electrons. The fourth-order valence-corrected chi connectivity index (χ4v) is 2.26. The van der Waals surface area contributed by atoms with E-state index in [0.717, 1.165) is 22.8 Å². The largest absolute Gasteiger partial charge is 0.495 e. The van der Waals surface area contributed by atoms with E-state index in [1.165, 1.54) is 0 Å². The molecule has 2 heterocycles. The van der Waals surface area contributed by atoms with Gasteiger partial charge in [0.05, 0.1) is 12.8 Å². The van der Waals surface area contributed by atoms with Crippen molar-refractivity contribution in [3.05, 3.63) is 53.6 Å². The molecular formula is C14H12N4OS. The van der Waals surface area contributed by atoms with Crippen LogP contribution in [0, 0.1) is 4.77 Å². The Kier molecular flexibility index (Phi) is 3.30. The topological polar surface area (TPSA) is 55.7 Å². The molecule has 0 aliphatic heterocycles. The predicted octanol–water partition coefficient (Wildman–Crippen LogP) is 3.00. The van der Waals surface area contributed by atoms with E-state index in [4.69, 9.17) is 17.0 Å². The second-order valence-electron chi connectivity index (χ2n) is 4.10. The third-order valence-electron chi connectivity index (χ3n) is 2.94. The van der Waals surface area contributed by atoms with E-state index in [1.54, 1.807) is 19.5 Å². The first-order valence-corrected chi connectivity index (χ1v) is 6.43. The summed E-state index contributed by atoms with van der Waals surface area (Å²) in [5, 5.41) is 7.13. The molecule has 6 heteroatoms. The Bertz CT molecular complexity index is 779. The Balaban J connectivity index is 2.25. The van der Waals surface area contributed by atoms with Gasteiger partial charge < -0.3 is 4.74 Å². The van der Waals surface area contributed by atoms with Crippen molar-refractivity contribution < 1.29 is 4.74 Å². The van der Waals surface area contributed by atoms with Crippen molar-refractivity contribution in [2.45, 2.75) is 0 Å². The highest BCUT2D eigenvalue weighted by atomic mass is 32.1. The Morgan fingerprint density at radius 2 is 1.90 bits per heavy atom. The van der Waals surface area contributed by atoms with E-state index in [2.05, 4.69) is 15.2 Å². The average Bonchev–Trinajstić information content (AvgIpc) is 2.89. The maximum Gasteiger partial charge on any atom is 0.200 e. The van der Waals surface area contributed by atoms with Crippen molar-refractivity contribution in [2.75, 3.05) is 7.11 Å². The van der Waals surface area contributed by atoms with Crippen LogP contribution in [0.5, 0.6) is 5.75 Å². The van der Waals surface area contributed by atoms with Crippen molar-refractivity contribution in [2.24, 2.45) is 0 Å². The molecule has 0 spiro atoms. The number of methoxy groups -OCH3 is 1. The molecule has 0 aliphatic carbocycles. The molecule has 1 N–H and O–H groups in total. The number of benzene rings is 1. The van der Waals surface area contributed by atoms with Crippen LogP contribution in [0.15, 0.2) is 48.8 Å². The summed E-state index contributed by atoms with van der Waals surface area (Å²) in [5.74, 6) is 1.46. The third-order valence-corrected chi connectivity index (χ3v) is 3.21. The summed E-state index contributed by atoms with van der Waals surface area (Å²) in [6.07, 6.45) is 3.44. The number of pyridine rings is 1. The lowest BCUT2D eigenvalue weighted by atomic mass is 10.2.